The van der Waals surface area contributed by atoms with Crippen LogP contribution in [-0.2, 0) is 7.05 Å². The highest BCUT2D eigenvalue weighted by molar-refractivity contribution is 6.07. The number of para-hydroxylation sites is 1. The van der Waals surface area contributed by atoms with Gasteiger partial charge in [-0.2, -0.15) is 5.10 Å². The summed E-state index contributed by atoms with van der Waals surface area (Å²) in [5, 5.41) is 15.7. The fourth-order valence-electron chi connectivity index (χ4n) is 1.73. The van der Waals surface area contributed by atoms with Gasteiger partial charge in [0.1, 0.15) is 0 Å². The number of carboxylic acids is 1. The molecule has 0 spiro atoms. The fourth-order valence-corrected chi connectivity index (χ4v) is 1.73. The van der Waals surface area contributed by atoms with E-state index in [1.54, 1.807) is 38.4 Å². The van der Waals surface area contributed by atoms with E-state index in [1.165, 1.54) is 10.7 Å². The Balaban J connectivity index is 2.33. The molecule has 0 saturated carbocycles. The topological polar surface area (TPSA) is 84.2 Å². The standard InChI is InChI=1S/C13H13N3O3/c1-8-4-3-5-9(13(18)19)11(8)14-12(17)10-6-7-16(2)15-10/h3-7H,1-2H3,(H,14,17)(H,18,19). The Bertz CT molecular complexity index is 646. The van der Waals surface area contributed by atoms with Crippen molar-refractivity contribution in [3.8, 4) is 0 Å². The lowest BCUT2D eigenvalue weighted by atomic mass is 10.1. The van der Waals surface area contributed by atoms with E-state index in [0.29, 0.717) is 11.3 Å². The number of carboxylic acid groups (broad SMARTS) is 1. The average molecular weight is 259 g/mol. The first kappa shape index (κ1) is 12.8. The van der Waals surface area contributed by atoms with Crippen molar-refractivity contribution >= 4 is 17.6 Å². The summed E-state index contributed by atoms with van der Waals surface area (Å²) in [6.45, 7) is 1.74. The van der Waals surface area contributed by atoms with Gasteiger partial charge in [-0.15, -0.1) is 0 Å². The lowest BCUT2D eigenvalue weighted by Gasteiger charge is -2.10. The minimum atomic E-state index is -1.08. The van der Waals surface area contributed by atoms with Crippen molar-refractivity contribution in [1.29, 1.82) is 0 Å². The predicted octanol–water partition coefficient (Wildman–Crippen LogP) is 1.68. The van der Waals surface area contributed by atoms with Gasteiger partial charge in [0.2, 0.25) is 0 Å². The summed E-state index contributed by atoms with van der Waals surface area (Å²) in [5.74, 6) is -1.52. The Hall–Kier alpha value is -2.63. The molecule has 1 aromatic carbocycles. The molecule has 19 heavy (non-hydrogen) atoms. The van der Waals surface area contributed by atoms with Gasteiger partial charge < -0.3 is 10.4 Å². The van der Waals surface area contributed by atoms with Crippen LogP contribution in [0.3, 0.4) is 0 Å². The van der Waals surface area contributed by atoms with E-state index in [4.69, 9.17) is 5.11 Å². The second-order valence-electron chi connectivity index (χ2n) is 4.13. The Kier molecular flexibility index (Phi) is 3.33. The maximum atomic E-state index is 12.0. The highest BCUT2D eigenvalue weighted by Crippen LogP contribution is 2.21. The van der Waals surface area contributed by atoms with Gasteiger partial charge in [-0.25, -0.2) is 4.79 Å². The Morgan fingerprint density at radius 3 is 2.63 bits per heavy atom. The molecule has 0 aliphatic carbocycles. The third-order valence-corrected chi connectivity index (χ3v) is 2.69. The molecule has 1 amide bonds. The van der Waals surface area contributed by atoms with Gasteiger partial charge >= 0.3 is 5.97 Å². The smallest absolute Gasteiger partial charge is 0.337 e. The summed E-state index contributed by atoms with van der Waals surface area (Å²) in [5.41, 5.74) is 1.28. The fraction of sp³-hybridized carbons (Fsp3) is 0.154. The number of carbonyl (C=O) groups is 2. The average Bonchev–Trinajstić information content (AvgIpc) is 2.78. The zero-order valence-corrected chi connectivity index (χ0v) is 10.5. The monoisotopic (exact) mass is 259 g/mol. The first-order valence-corrected chi connectivity index (χ1v) is 5.63. The number of benzene rings is 1. The lowest BCUT2D eigenvalue weighted by molar-refractivity contribution is 0.0698. The van der Waals surface area contributed by atoms with Crippen molar-refractivity contribution in [2.24, 2.45) is 7.05 Å². The van der Waals surface area contributed by atoms with Crippen molar-refractivity contribution in [3.05, 3.63) is 47.3 Å². The molecule has 0 aliphatic heterocycles. The molecule has 2 N–H and O–H groups in total. The van der Waals surface area contributed by atoms with E-state index in [2.05, 4.69) is 10.4 Å². The van der Waals surface area contributed by atoms with Crippen LogP contribution in [-0.4, -0.2) is 26.8 Å². The van der Waals surface area contributed by atoms with Gasteiger partial charge in [-0.3, -0.25) is 9.48 Å². The molecule has 2 rings (SSSR count). The predicted molar refractivity (Wildman–Crippen MR) is 69.3 cm³/mol. The summed E-state index contributed by atoms with van der Waals surface area (Å²) in [7, 11) is 1.70. The van der Waals surface area contributed by atoms with Crippen molar-refractivity contribution < 1.29 is 14.7 Å². The first-order valence-electron chi connectivity index (χ1n) is 5.63. The molecule has 0 fully saturated rings. The molecular formula is C13H13N3O3. The quantitative estimate of drug-likeness (QED) is 0.878. The van der Waals surface area contributed by atoms with Crippen molar-refractivity contribution in [2.75, 3.05) is 5.32 Å². The molecule has 6 heteroatoms. The van der Waals surface area contributed by atoms with Crippen LogP contribution >= 0.6 is 0 Å². The number of aromatic nitrogens is 2. The van der Waals surface area contributed by atoms with Gasteiger partial charge in [0.15, 0.2) is 5.69 Å². The minimum Gasteiger partial charge on any atom is -0.478 e. The molecule has 98 valence electrons. The molecule has 0 atom stereocenters. The number of aromatic carboxylic acids is 1. The van der Waals surface area contributed by atoms with E-state index in [9.17, 15) is 9.59 Å². The molecule has 0 unspecified atom stereocenters. The van der Waals surface area contributed by atoms with Crippen LogP contribution in [0.5, 0.6) is 0 Å². The van der Waals surface area contributed by atoms with Crippen LogP contribution in [0.2, 0.25) is 0 Å². The van der Waals surface area contributed by atoms with Gasteiger partial charge in [-0.1, -0.05) is 12.1 Å². The normalized spacial score (nSPS) is 10.2. The molecule has 6 nitrogen and oxygen atoms in total. The maximum absolute atomic E-state index is 12.0. The van der Waals surface area contributed by atoms with Gasteiger partial charge in [0.05, 0.1) is 11.3 Å². The third kappa shape index (κ3) is 2.62. The molecule has 0 radical (unpaired) electrons. The summed E-state index contributed by atoms with van der Waals surface area (Å²) in [6, 6.07) is 6.38. The largest absolute Gasteiger partial charge is 0.478 e. The number of amides is 1. The zero-order chi connectivity index (χ0) is 14.0. The molecule has 1 heterocycles. The number of carbonyl (C=O) groups excluding carboxylic acids is 1. The molecule has 0 saturated heterocycles. The Morgan fingerprint density at radius 1 is 1.32 bits per heavy atom. The number of nitrogens with zero attached hydrogens (tertiary/aromatic N) is 2. The number of rotatable bonds is 3. The number of nitrogens with one attached hydrogen (secondary N) is 1. The summed E-state index contributed by atoms with van der Waals surface area (Å²) < 4.78 is 1.50. The number of anilines is 1. The number of hydrogen-bond donors (Lipinski definition) is 2. The number of hydrogen-bond acceptors (Lipinski definition) is 3. The van der Waals surface area contributed by atoms with Gasteiger partial charge in [0, 0.05) is 13.2 Å². The van der Waals surface area contributed by atoms with Crippen molar-refractivity contribution in [1.82, 2.24) is 9.78 Å². The Morgan fingerprint density at radius 2 is 2.05 bits per heavy atom. The molecular weight excluding hydrogens is 246 g/mol. The third-order valence-electron chi connectivity index (χ3n) is 2.69. The van der Waals surface area contributed by atoms with E-state index in [-0.39, 0.29) is 11.3 Å². The maximum Gasteiger partial charge on any atom is 0.337 e. The second-order valence-corrected chi connectivity index (χ2v) is 4.13. The summed E-state index contributed by atoms with van der Waals surface area (Å²) >= 11 is 0. The van der Waals surface area contributed by atoms with E-state index in [0.717, 1.165) is 0 Å². The zero-order valence-electron chi connectivity index (χ0n) is 10.5. The highest BCUT2D eigenvalue weighted by atomic mass is 16.4. The van der Waals surface area contributed by atoms with Crippen LogP contribution in [0.25, 0.3) is 0 Å². The van der Waals surface area contributed by atoms with E-state index < -0.39 is 11.9 Å². The molecule has 0 aliphatic rings. The highest BCUT2D eigenvalue weighted by Gasteiger charge is 2.16. The molecule has 0 bridgehead atoms. The Labute approximate surface area is 109 Å². The minimum absolute atomic E-state index is 0.0595. The second kappa shape index (κ2) is 4.93. The van der Waals surface area contributed by atoms with Crippen LogP contribution in [0, 0.1) is 6.92 Å². The van der Waals surface area contributed by atoms with E-state index in [1.807, 2.05) is 0 Å². The van der Waals surface area contributed by atoms with Crippen LogP contribution < -0.4 is 5.32 Å². The van der Waals surface area contributed by atoms with Crippen LogP contribution in [0.4, 0.5) is 5.69 Å². The first-order chi connectivity index (χ1) is 8.99. The SMILES string of the molecule is Cc1cccc(C(=O)O)c1NC(=O)c1ccn(C)n1. The molecule has 1 aromatic heterocycles. The molecule has 2 aromatic rings. The van der Waals surface area contributed by atoms with Crippen LogP contribution in [0.1, 0.15) is 26.4 Å². The van der Waals surface area contributed by atoms with E-state index >= 15 is 0 Å². The number of aryl methyl sites for hydroxylation is 2. The van der Waals surface area contributed by atoms with Crippen molar-refractivity contribution in [3.63, 3.8) is 0 Å². The van der Waals surface area contributed by atoms with Gasteiger partial charge in [0.25, 0.3) is 5.91 Å². The van der Waals surface area contributed by atoms with Gasteiger partial charge in [-0.05, 0) is 24.6 Å². The summed E-state index contributed by atoms with van der Waals surface area (Å²) in [6.07, 6.45) is 1.64. The summed E-state index contributed by atoms with van der Waals surface area (Å²) in [4.78, 5) is 23.1. The van der Waals surface area contributed by atoms with Crippen molar-refractivity contribution in [2.45, 2.75) is 6.92 Å². The lowest BCUT2D eigenvalue weighted by Crippen LogP contribution is -2.16. The van der Waals surface area contributed by atoms with Crippen LogP contribution in [0.15, 0.2) is 30.5 Å².